The number of hydrogen-bond acceptors (Lipinski definition) is 5. The lowest BCUT2D eigenvalue weighted by Gasteiger charge is -2.21. The third-order valence-corrected chi connectivity index (χ3v) is 5.32. The maximum Gasteiger partial charge on any atom is 0.346 e. The van der Waals surface area contributed by atoms with Gasteiger partial charge in [-0.2, -0.15) is 13.1 Å². The van der Waals surface area contributed by atoms with Crippen LogP contribution in [-0.2, 0) is 10.0 Å². The first-order chi connectivity index (χ1) is 11.8. The van der Waals surface area contributed by atoms with Gasteiger partial charge in [-0.25, -0.2) is 14.2 Å². The molecule has 2 rings (SSSR count). The number of carbonyl (C=O) groups is 1. The van der Waals surface area contributed by atoms with E-state index in [1.807, 2.05) is 13.8 Å². The molecule has 136 valence electrons. The summed E-state index contributed by atoms with van der Waals surface area (Å²) in [6.45, 7) is 6.29. The van der Waals surface area contributed by atoms with E-state index in [0.717, 1.165) is 15.3 Å². The predicted molar refractivity (Wildman–Crippen MR) is 90.3 cm³/mol. The van der Waals surface area contributed by atoms with E-state index in [1.165, 1.54) is 29.2 Å². The third-order valence-electron chi connectivity index (χ3n) is 3.62. The van der Waals surface area contributed by atoms with Crippen LogP contribution in [0, 0.1) is 5.82 Å². The van der Waals surface area contributed by atoms with E-state index in [2.05, 4.69) is 10.1 Å². The molecule has 10 heteroatoms. The van der Waals surface area contributed by atoms with Crippen LogP contribution in [0.3, 0.4) is 0 Å². The van der Waals surface area contributed by atoms with Gasteiger partial charge < -0.3 is 4.90 Å². The van der Waals surface area contributed by atoms with Gasteiger partial charge in [-0.1, -0.05) is 0 Å². The number of carbonyl (C=O) groups excluding carboxylic acids is 1. The Morgan fingerprint density at radius 3 is 2.24 bits per heavy atom. The van der Waals surface area contributed by atoms with Crippen molar-refractivity contribution in [3.63, 3.8) is 0 Å². The van der Waals surface area contributed by atoms with E-state index in [1.54, 1.807) is 6.92 Å². The molecular formula is C15H20FN5O3S. The zero-order chi connectivity index (χ0) is 18.6. The van der Waals surface area contributed by atoms with Crippen molar-refractivity contribution < 1.29 is 17.6 Å². The van der Waals surface area contributed by atoms with E-state index in [9.17, 15) is 17.6 Å². The van der Waals surface area contributed by atoms with Crippen molar-refractivity contribution in [3.8, 4) is 0 Å². The molecule has 0 aliphatic rings. The maximum absolute atomic E-state index is 13.1. The van der Waals surface area contributed by atoms with Gasteiger partial charge in [0, 0.05) is 19.6 Å². The number of halogens is 1. The molecule has 0 saturated carbocycles. The number of anilines is 1. The van der Waals surface area contributed by atoms with Crippen molar-refractivity contribution in [2.75, 3.05) is 23.9 Å². The van der Waals surface area contributed by atoms with Crippen LogP contribution >= 0.6 is 0 Å². The standard InChI is InChI=1S/C15H20FN5O3S/c1-4-19(5-2)15(22)20-11-17-14(18-20)25(23,24)21(6-3)13-9-7-12(16)8-10-13/h7-11H,4-6H2,1-3H3. The Bertz CT molecular complexity index is 831. The fourth-order valence-corrected chi connectivity index (χ4v) is 3.60. The third kappa shape index (κ3) is 3.78. The summed E-state index contributed by atoms with van der Waals surface area (Å²) in [5.41, 5.74) is 0.287. The van der Waals surface area contributed by atoms with Gasteiger partial charge in [0.1, 0.15) is 12.1 Å². The molecule has 0 spiro atoms. The summed E-state index contributed by atoms with van der Waals surface area (Å²) in [6.07, 6.45) is 1.08. The number of amides is 1. The maximum atomic E-state index is 13.1. The Morgan fingerprint density at radius 2 is 1.72 bits per heavy atom. The second-order valence-electron chi connectivity index (χ2n) is 5.07. The van der Waals surface area contributed by atoms with Crippen LogP contribution in [0.2, 0.25) is 0 Å². The largest absolute Gasteiger partial charge is 0.346 e. The molecule has 0 radical (unpaired) electrons. The molecule has 0 unspecified atom stereocenters. The summed E-state index contributed by atoms with van der Waals surface area (Å²) in [5, 5.41) is 3.33. The summed E-state index contributed by atoms with van der Waals surface area (Å²) in [5.74, 6) is -0.468. The molecule has 0 fully saturated rings. The monoisotopic (exact) mass is 369 g/mol. The van der Waals surface area contributed by atoms with Gasteiger partial charge in [0.05, 0.1) is 5.69 Å². The van der Waals surface area contributed by atoms with Crippen LogP contribution in [-0.4, -0.2) is 53.7 Å². The van der Waals surface area contributed by atoms with Crippen LogP contribution in [0.15, 0.2) is 35.7 Å². The Labute approximate surface area is 145 Å². The fraction of sp³-hybridized carbons (Fsp3) is 0.400. The highest BCUT2D eigenvalue weighted by Gasteiger charge is 2.29. The highest BCUT2D eigenvalue weighted by atomic mass is 32.2. The van der Waals surface area contributed by atoms with E-state index in [0.29, 0.717) is 13.1 Å². The van der Waals surface area contributed by atoms with Crippen molar-refractivity contribution in [3.05, 3.63) is 36.4 Å². The zero-order valence-electron chi connectivity index (χ0n) is 14.3. The smallest absolute Gasteiger partial charge is 0.323 e. The number of aromatic nitrogens is 3. The molecule has 1 aromatic carbocycles. The van der Waals surface area contributed by atoms with Crippen molar-refractivity contribution in [1.29, 1.82) is 0 Å². The molecule has 0 aliphatic heterocycles. The van der Waals surface area contributed by atoms with Gasteiger partial charge in [-0.15, -0.1) is 5.10 Å². The van der Waals surface area contributed by atoms with E-state index in [-0.39, 0.29) is 12.2 Å². The number of benzene rings is 1. The Hall–Kier alpha value is -2.49. The Balaban J connectivity index is 2.36. The second-order valence-corrected chi connectivity index (χ2v) is 6.83. The SMILES string of the molecule is CCN(CC)C(=O)n1cnc(S(=O)(=O)N(CC)c2ccc(F)cc2)n1. The van der Waals surface area contributed by atoms with Crippen LogP contribution in [0.5, 0.6) is 0 Å². The average Bonchev–Trinajstić information content (AvgIpc) is 3.09. The van der Waals surface area contributed by atoms with Crippen molar-refractivity contribution in [1.82, 2.24) is 19.7 Å². The normalized spacial score (nSPS) is 11.4. The van der Waals surface area contributed by atoms with Gasteiger partial charge in [0.25, 0.3) is 5.16 Å². The molecule has 25 heavy (non-hydrogen) atoms. The van der Waals surface area contributed by atoms with Gasteiger partial charge in [-0.05, 0) is 45.0 Å². The van der Waals surface area contributed by atoms with E-state index < -0.39 is 27.0 Å². The summed E-state index contributed by atoms with van der Waals surface area (Å²) in [6, 6.07) is 4.60. The first-order valence-electron chi connectivity index (χ1n) is 7.84. The van der Waals surface area contributed by atoms with Crippen LogP contribution in [0.1, 0.15) is 20.8 Å². The molecule has 1 heterocycles. The molecule has 1 aromatic heterocycles. The van der Waals surface area contributed by atoms with Crippen LogP contribution < -0.4 is 4.31 Å². The predicted octanol–water partition coefficient (Wildman–Crippen LogP) is 1.94. The summed E-state index contributed by atoms with van der Waals surface area (Å²) >= 11 is 0. The molecule has 0 aliphatic carbocycles. The highest BCUT2D eigenvalue weighted by Crippen LogP contribution is 2.21. The molecule has 0 bridgehead atoms. The fourth-order valence-electron chi connectivity index (χ4n) is 2.29. The zero-order valence-corrected chi connectivity index (χ0v) is 15.1. The Kier molecular flexibility index (Phi) is 5.73. The topological polar surface area (TPSA) is 88.4 Å². The number of rotatable bonds is 6. The average molecular weight is 369 g/mol. The number of nitrogens with zero attached hydrogens (tertiary/aromatic N) is 5. The lowest BCUT2D eigenvalue weighted by atomic mass is 10.3. The van der Waals surface area contributed by atoms with E-state index in [4.69, 9.17) is 0 Å². The summed E-state index contributed by atoms with van der Waals surface area (Å²) in [4.78, 5) is 17.5. The van der Waals surface area contributed by atoms with Gasteiger partial charge >= 0.3 is 16.1 Å². The Morgan fingerprint density at radius 1 is 1.12 bits per heavy atom. The molecule has 0 N–H and O–H groups in total. The minimum atomic E-state index is -4.07. The molecule has 0 saturated heterocycles. The lowest BCUT2D eigenvalue weighted by molar-refractivity contribution is 0.201. The van der Waals surface area contributed by atoms with Gasteiger partial charge in [-0.3, -0.25) is 4.31 Å². The molecule has 8 nitrogen and oxygen atoms in total. The minimum Gasteiger partial charge on any atom is -0.323 e. The second kappa shape index (κ2) is 7.60. The van der Waals surface area contributed by atoms with Crippen LogP contribution in [0.25, 0.3) is 0 Å². The van der Waals surface area contributed by atoms with Crippen molar-refractivity contribution >= 4 is 21.7 Å². The number of hydrogen-bond donors (Lipinski definition) is 0. The quantitative estimate of drug-likeness (QED) is 0.776. The lowest BCUT2D eigenvalue weighted by Crippen LogP contribution is -2.35. The first kappa shape index (κ1) is 18.8. The minimum absolute atomic E-state index is 0.104. The molecule has 0 atom stereocenters. The first-order valence-corrected chi connectivity index (χ1v) is 9.28. The van der Waals surface area contributed by atoms with Crippen LogP contribution in [0.4, 0.5) is 14.9 Å². The van der Waals surface area contributed by atoms with Gasteiger partial charge in [0.2, 0.25) is 0 Å². The molecular weight excluding hydrogens is 349 g/mol. The van der Waals surface area contributed by atoms with Gasteiger partial charge in [0.15, 0.2) is 0 Å². The van der Waals surface area contributed by atoms with Crippen molar-refractivity contribution in [2.24, 2.45) is 0 Å². The summed E-state index contributed by atoms with van der Waals surface area (Å²) in [7, 11) is -4.07. The molecule has 1 amide bonds. The number of sulfonamides is 1. The van der Waals surface area contributed by atoms with E-state index >= 15 is 0 Å². The summed E-state index contributed by atoms with van der Waals surface area (Å²) < 4.78 is 40.5. The van der Waals surface area contributed by atoms with Crippen molar-refractivity contribution in [2.45, 2.75) is 25.9 Å². The molecule has 2 aromatic rings. The highest BCUT2D eigenvalue weighted by molar-refractivity contribution is 7.92.